The molecule has 4 aliphatic carbocycles. The van der Waals surface area contributed by atoms with E-state index in [4.69, 9.17) is 0 Å². The molecule has 2 fully saturated rings. The average molecular weight is 277 g/mol. The fraction of sp³-hybridized carbons (Fsp3) is 0.333. The molecule has 0 aromatic heterocycles. The normalized spacial score (nSPS) is 42.0. The molecule has 1 saturated heterocycles. The summed E-state index contributed by atoms with van der Waals surface area (Å²) >= 11 is 0. The Morgan fingerprint density at radius 3 is 1.62 bits per heavy atom. The Bertz CT molecular complexity index is 665. The van der Waals surface area contributed by atoms with Gasteiger partial charge in [-0.1, -0.05) is 42.5 Å². The van der Waals surface area contributed by atoms with Gasteiger partial charge in [-0.3, -0.25) is 14.5 Å². The van der Waals surface area contributed by atoms with Gasteiger partial charge < -0.3 is 0 Å². The number of para-hydroxylation sites is 1. The Morgan fingerprint density at radius 1 is 0.667 bits per heavy atom. The van der Waals surface area contributed by atoms with E-state index in [0.29, 0.717) is 17.5 Å². The van der Waals surface area contributed by atoms with Crippen molar-refractivity contribution in [1.82, 2.24) is 0 Å². The number of imide groups is 1. The van der Waals surface area contributed by atoms with E-state index >= 15 is 0 Å². The highest BCUT2D eigenvalue weighted by Crippen LogP contribution is 2.58. The molecule has 1 heterocycles. The number of carbonyl (C=O) groups excluding carboxylic acids is 2. The van der Waals surface area contributed by atoms with E-state index < -0.39 is 0 Å². The van der Waals surface area contributed by atoms with Gasteiger partial charge in [-0.2, -0.15) is 0 Å². The number of hydrogen-bond acceptors (Lipinski definition) is 2. The lowest BCUT2D eigenvalue weighted by molar-refractivity contribution is -0.127. The number of nitrogens with zero attached hydrogens (tertiary/aromatic N) is 1. The monoisotopic (exact) mass is 277 g/mol. The van der Waals surface area contributed by atoms with Gasteiger partial charge >= 0.3 is 0 Å². The number of carbonyl (C=O) groups is 2. The second-order valence-corrected chi connectivity index (χ2v) is 6.48. The maximum Gasteiger partial charge on any atom is 0.238 e. The maximum absolute atomic E-state index is 12.9. The summed E-state index contributed by atoms with van der Waals surface area (Å²) in [7, 11) is 0. The Labute approximate surface area is 122 Å². The van der Waals surface area contributed by atoms with Crippen LogP contribution in [-0.2, 0) is 9.59 Å². The van der Waals surface area contributed by atoms with Crippen molar-refractivity contribution < 1.29 is 9.59 Å². The fourth-order valence-electron chi connectivity index (χ4n) is 4.72. The first kappa shape index (κ1) is 11.5. The zero-order valence-electron chi connectivity index (χ0n) is 11.4. The molecular formula is C18H15NO2. The zero-order chi connectivity index (χ0) is 14.1. The average Bonchev–Trinajstić information content (AvgIpc) is 2.73. The van der Waals surface area contributed by atoms with Crippen LogP contribution < -0.4 is 4.90 Å². The molecule has 3 nitrogen and oxygen atoms in total. The van der Waals surface area contributed by atoms with Gasteiger partial charge in [-0.25, -0.2) is 0 Å². The predicted octanol–water partition coefficient (Wildman–Crippen LogP) is 2.41. The SMILES string of the molecule is O=C1[C@@H]2[C@@H]3C=C[C@H]([C@H]4C=C[C@@H]43)[C@@H]2C(=O)N1c1ccccc1. The highest BCUT2D eigenvalue weighted by atomic mass is 16.2. The van der Waals surface area contributed by atoms with E-state index in [1.54, 1.807) is 0 Å². The number of hydrogen-bond donors (Lipinski definition) is 0. The number of allylic oxidation sites excluding steroid dienone is 4. The number of benzene rings is 1. The summed E-state index contributed by atoms with van der Waals surface area (Å²) in [4.78, 5) is 27.2. The topological polar surface area (TPSA) is 37.4 Å². The van der Waals surface area contributed by atoms with Crippen LogP contribution in [0.5, 0.6) is 0 Å². The summed E-state index contributed by atoms with van der Waals surface area (Å²) < 4.78 is 0. The van der Waals surface area contributed by atoms with Crippen molar-refractivity contribution in [2.24, 2.45) is 35.5 Å². The maximum atomic E-state index is 12.9. The third kappa shape index (κ3) is 1.25. The van der Waals surface area contributed by atoms with Crippen molar-refractivity contribution in [2.45, 2.75) is 0 Å². The molecule has 21 heavy (non-hydrogen) atoms. The van der Waals surface area contributed by atoms with Crippen molar-refractivity contribution in [1.29, 1.82) is 0 Å². The Hall–Kier alpha value is -2.16. The van der Waals surface area contributed by atoms with Crippen molar-refractivity contribution in [3.63, 3.8) is 0 Å². The molecule has 1 aliphatic heterocycles. The first-order valence-corrected chi connectivity index (χ1v) is 7.57. The third-order valence-corrected chi connectivity index (χ3v) is 5.69. The van der Waals surface area contributed by atoms with Gasteiger partial charge in [0.25, 0.3) is 0 Å². The van der Waals surface area contributed by atoms with E-state index in [0.717, 1.165) is 0 Å². The predicted molar refractivity (Wildman–Crippen MR) is 78.2 cm³/mol. The lowest BCUT2D eigenvalue weighted by Crippen LogP contribution is -2.50. The van der Waals surface area contributed by atoms with E-state index in [9.17, 15) is 9.59 Å². The standard InChI is InChI=1S/C18H15NO2/c20-17-15-13-8-9-14(12-7-6-11(12)13)16(15)18(21)19(17)10-4-2-1-3-5-10/h1-9,11-16H/t11-,12-,13+,14+,15-,16+/m0/s1. The molecule has 1 saturated carbocycles. The van der Waals surface area contributed by atoms with E-state index in [1.165, 1.54) is 4.90 Å². The van der Waals surface area contributed by atoms with Crippen LogP contribution in [0.25, 0.3) is 0 Å². The van der Waals surface area contributed by atoms with Gasteiger partial charge in [-0.05, 0) is 35.8 Å². The van der Waals surface area contributed by atoms with Crippen LogP contribution in [0, 0.1) is 35.5 Å². The number of rotatable bonds is 1. The summed E-state index contributed by atoms with van der Waals surface area (Å²) in [6, 6.07) is 9.33. The molecule has 0 spiro atoms. The van der Waals surface area contributed by atoms with Crippen LogP contribution >= 0.6 is 0 Å². The van der Waals surface area contributed by atoms with Gasteiger partial charge in [-0.15, -0.1) is 0 Å². The van der Waals surface area contributed by atoms with Crippen LogP contribution in [0.15, 0.2) is 54.6 Å². The molecule has 2 bridgehead atoms. The molecule has 6 atom stereocenters. The van der Waals surface area contributed by atoms with E-state index in [1.807, 2.05) is 30.3 Å². The molecule has 1 aromatic rings. The third-order valence-electron chi connectivity index (χ3n) is 5.69. The van der Waals surface area contributed by atoms with Gasteiger partial charge in [0, 0.05) is 0 Å². The molecule has 3 heteroatoms. The summed E-state index contributed by atoms with van der Waals surface area (Å²) in [5.74, 6) is 1.03. The van der Waals surface area contributed by atoms with Crippen LogP contribution in [0.4, 0.5) is 5.69 Å². The minimum Gasteiger partial charge on any atom is -0.274 e. The van der Waals surface area contributed by atoms with E-state index in [-0.39, 0.29) is 35.5 Å². The molecule has 0 unspecified atom stereocenters. The summed E-state index contributed by atoms with van der Waals surface area (Å²) in [6.45, 7) is 0. The van der Waals surface area contributed by atoms with Gasteiger partial charge in [0.2, 0.25) is 11.8 Å². The number of anilines is 1. The van der Waals surface area contributed by atoms with Crippen LogP contribution in [-0.4, -0.2) is 11.8 Å². The molecule has 0 radical (unpaired) electrons. The molecule has 2 amide bonds. The lowest BCUT2D eigenvalue weighted by atomic mass is 9.50. The first-order chi connectivity index (χ1) is 10.3. The van der Waals surface area contributed by atoms with Gasteiger partial charge in [0.05, 0.1) is 17.5 Å². The Morgan fingerprint density at radius 2 is 1.14 bits per heavy atom. The van der Waals surface area contributed by atoms with Crippen molar-refractivity contribution in [2.75, 3.05) is 4.90 Å². The lowest BCUT2D eigenvalue weighted by Gasteiger charge is -2.51. The highest BCUT2D eigenvalue weighted by molar-refractivity contribution is 6.22. The van der Waals surface area contributed by atoms with E-state index in [2.05, 4.69) is 24.3 Å². The molecule has 0 N–H and O–H groups in total. The summed E-state index contributed by atoms with van der Waals surface area (Å²) in [5, 5.41) is 0. The first-order valence-electron chi connectivity index (χ1n) is 7.57. The molecule has 5 aliphatic rings. The van der Waals surface area contributed by atoms with Gasteiger partial charge in [0.1, 0.15) is 0 Å². The van der Waals surface area contributed by atoms with Crippen molar-refractivity contribution in [3.8, 4) is 0 Å². The van der Waals surface area contributed by atoms with Crippen molar-refractivity contribution in [3.05, 3.63) is 54.6 Å². The summed E-state index contributed by atoms with van der Waals surface area (Å²) in [5.41, 5.74) is 0.710. The van der Waals surface area contributed by atoms with Gasteiger partial charge in [0.15, 0.2) is 0 Å². The number of amides is 2. The molecule has 6 rings (SSSR count). The largest absolute Gasteiger partial charge is 0.274 e. The molecule has 104 valence electrons. The van der Waals surface area contributed by atoms with Crippen LogP contribution in [0.1, 0.15) is 0 Å². The fourth-order valence-corrected chi connectivity index (χ4v) is 4.72. The molecular weight excluding hydrogens is 262 g/mol. The second-order valence-electron chi connectivity index (χ2n) is 6.48. The smallest absolute Gasteiger partial charge is 0.238 e. The quantitative estimate of drug-likeness (QED) is 0.584. The summed E-state index contributed by atoms with van der Waals surface area (Å²) in [6.07, 6.45) is 8.78. The second kappa shape index (κ2) is 3.73. The Balaban J connectivity index is 1.61. The zero-order valence-corrected chi connectivity index (χ0v) is 11.4. The minimum absolute atomic E-state index is 0.00528. The van der Waals surface area contributed by atoms with Crippen LogP contribution in [0.3, 0.4) is 0 Å². The Kier molecular flexibility index (Phi) is 2.04. The van der Waals surface area contributed by atoms with Crippen molar-refractivity contribution >= 4 is 17.5 Å². The molecule has 1 aromatic carbocycles. The minimum atomic E-state index is -0.154. The van der Waals surface area contributed by atoms with Crippen LogP contribution in [0.2, 0.25) is 0 Å². The highest BCUT2D eigenvalue weighted by Gasteiger charge is 2.62.